The minimum absolute atomic E-state index is 0.162. The Hall–Kier alpha value is -3.66. The van der Waals surface area contributed by atoms with Crippen molar-refractivity contribution in [3.8, 4) is 5.75 Å². The van der Waals surface area contributed by atoms with E-state index in [0.29, 0.717) is 47.3 Å². The van der Waals surface area contributed by atoms with Crippen molar-refractivity contribution < 1.29 is 24.2 Å². The lowest BCUT2D eigenvalue weighted by Gasteiger charge is -2.39. The van der Waals surface area contributed by atoms with Gasteiger partial charge >= 0.3 is 5.97 Å². The molecule has 0 radical (unpaired) electrons. The van der Waals surface area contributed by atoms with Crippen LogP contribution in [0.5, 0.6) is 5.75 Å². The van der Waals surface area contributed by atoms with Crippen LogP contribution < -0.4 is 14.5 Å². The molecule has 2 aromatic heterocycles. The molecule has 5 rings (SSSR count). The van der Waals surface area contributed by atoms with Crippen molar-refractivity contribution in [1.82, 2.24) is 14.6 Å². The molecule has 3 aromatic rings. The number of aryl methyl sites for hydroxylation is 1. The molecule has 40 heavy (non-hydrogen) atoms. The molecular weight excluding hydrogens is 510 g/mol. The van der Waals surface area contributed by atoms with E-state index in [1.165, 1.54) is 0 Å². The topological polar surface area (TPSA) is 110 Å². The Kier molecular flexibility index (Phi) is 7.24. The first kappa shape index (κ1) is 27.9. The van der Waals surface area contributed by atoms with E-state index in [4.69, 9.17) is 19.6 Å². The summed E-state index contributed by atoms with van der Waals surface area (Å²) < 4.78 is 13.7. The van der Waals surface area contributed by atoms with Gasteiger partial charge in [-0.3, -0.25) is 9.69 Å². The maximum Gasteiger partial charge on any atom is 0.337 e. The summed E-state index contributed by atoms with van der Waals surface area (Å²) in [6.45, 7) is 13.8. The average molecular weight is 550 g/mol. The first-order valence-corrected chi connectivity index (χ1v) is 13.9. The third-order valence-corrected chi connectivity index (χ3v) is 7.62. The van der Waals surface area contributed by atoms with Gasteiger partial charge in [-0.1, -0.05) is 32.0 Å². The molecule has 0 spiro atoms. The molecule has 0 bridgehead atoms. The minimum Gasteiger partial charge on any atom is -0.481 e. The number of para-hydroxylation sites is 1. The van der Waals surface area contributed by atoms with E-state index < -0.39 is 23.8 Å². The molecular formula is C30H39N5O5. The number of piperidine rings is 1. The van der Waals surface area contributed by atoms with Crippen LogP contribution in [0.15, 0.2) is 36.4 Å². The number of aliphatic carboxylic acids is 1. The molecule has 1 N–H and O–H groups in total. The van der Waals surface area contributed by atoms with E-state index in [9.17, 15) is 14.7 Å². The zero-order chi connectivity index (χ0) is 28.8. The van der Waals surface area contributed by atoms with Crippen LogP contribution in [0.1, 0.15) is 71.2 Å². The van der Waals surface area contributed by atoms with Crippen LogP contribution in [0.2, 0.25) is 0 Å². The Morgan fingerprint density at radius 2 is 1.80 bits per heavy atom. The Morgan fingerprint density at radius 3 is 2.42 bits per heavy atom. The number of carboxylic acid groups (broad SMARTS) is 1. The molecule has 0 aliphatic carbocycles. The smallest absolute Gasteiger partial charge is 0.337 e. The summed E-state index contributed by atoms with van der Waals surface area (Å²) in [5, 5.41) is 15.1. The van der Waals surface area contributed by atoms with Gasteiger partial charge in [-0.05, 0) is 58.1 Å². The van der Waals surface area contributed by atoms with Gasteiger partial charge in [-0.25, -0.2) is 9.78 Å². The largest absolute Gasteiger partial charge is 0.481 e. The molecule has 10 heteroatoms. The number of ether oxygens (including phenoxy) is 2. The Labute approximate surface area is 234 Å². The number of hydrogen-bond donors (Lipinski definition) is 1. The van der Waals surface area contributed by atoms with Crippen molar-refractivity contribution in [2.45, 2.75) is 78.6 Å². The summed E-state index contributed by atoms with van der Waals surface area (Å²) >= 11 is 0. The van der Waals surface area contributed by atoms with Gasteiger partial charge in [0.1, 0.15) is 11.6 Å². The number of amides is 1. The molecule has 1 unspecified atom stereocenters. The van der Waals surface area contributed by atoms with Crippen molar-refractivity contribution in [2.24, 2.45) is 5.41 Å². The molecule has 10 nitrogen and oxygen atoms in total. The zero-order valence-corrected chi connectivity index (χ0v) is 24.2. The molecule has 2 atom stereocenters. The lowest BCUT2D eigenvalue weighted by molar-refractivity contribution is -0.160. The number of nitrogens with zero attached hydrogens (tertiary/aromatic N) is 5. The van der Waals surface area contributed by atoms with Crippen LogP contribution >= 0.6 is 0 Å². The number of hydrogen-bond acceptors (Lipinski definition) is 7. The van der Waals surface area contributed by atoms with Crippen LogP contribution in [-0.2, 0) is 14.3 Å². The minimum atomic E-state index is -1.23. The fraction of sp³-hybridized carbons (Fsp3) is 0.533. The van der Waals surface area contributed by atoms with E-state index in [2.05, 4.69) is 18.7 Å². The fourth-order valence-electron chi connectivity index (χ4n) is 5.41. The second kappa shape index (κ2) is 10.4. The Balaban J connectivity index is 1.57. The molecule has 0 saturated carbocycles. The third kappa shape index (κ3) is 5.63. The fourth-order valence-corrected chi connectivity index (χ4v) is 5.41. The Morgan fingerprint density at radius 1 is 1.12 bits per heavy atom. The molecule has 1 aromatic carbocycles. The summed E-state index contributed by atoms with van der Waals surface area (Å²) in [6.07, 6.45) is 0.604. The highest BCUT2D eigenvalue weighted by Gasteiger charge is 2.39. The molecule has 2 aliphatic heterocycles. The number of carboxylic acids is 1. The molecule has 2 fully saturated rings. The maximum absolute atomic E-state index is 13.4. The van der Waals surface area contributed by atoms with Gasteiger partial charge in [0.25, 0.3) is 5.91 Å². The molecule has 2 aliphatic rings. The van der Waals surface area contributed by atoms with E-state index in [1.54, 1.807) is 15.5 Å². The van der Waals surface area contributed by atoms with Crippen molar-refractivity contribution in [3.05, 3.63) is 47.7 Å². The van der Waals surface area contributed by atoms with Gasteiger partial charge in [-0.15, -0.1) is 5.10 Å². The highest BCUT2D eigenvalue weighted by atomic mass is 16.5. The summed E-state index contributed by atoms with van der Waals surface area (Å²) in [7, 11) is 0. The van der Waals surface area contributed by atoms with Crippen LogP contribution in [-0.4, -0.2) is 62.9 Å². The van der Waals surface area contributed by atoms with Crippen molar-refractivity contribution >= 4 is 29.2 Å². The third-order valence-electron chi connectivity index (χ3n) is 7.62. The summed E-state index contributed by atoms with van der Waals surface area (Å²) in [5.41, 5.74) is 1.10. The van der Waals surface area contributed by atoms with Gasteiger partial charge in [0.15, 0.2) is 23.7 Å². The first-order chi connectivity index (χ1) is 18.8. The highest BCUT2D eigenvalue weighted by Crippen LogP contribution is 2.39. The number of carbonyl (C=O) groups excluding carboxylic acids is 1. The van der Waals surface area contributed by atoms with E-state index in [0.717, 1.165) is 25.9 Å². The molecule has 4 heterocycles. The summed E-state index contributed by atoms with van der Waals surface area (Å²) in [5.74, 6) is 0.527. The monoisotopic (exact) mass is 549 g/mol. The van der Waals surface area contributed by atoms with Gasteiger partial charge in [0.2, 0.25) is 0 Å². The number of benzene rings is 1. The number of fused-ring (bicyclic) bond motifs is 1. The predicted octanol–water partition coefficient (Wildman–Crippen LogP) is 4.79. The molecule has 1 amide bonds. The molecule has 214 valence electrons. The van der Waals surface area contributed by atoms with Crippen LogP contribution in [0.25, 0.3) is 5.65 Å². The molecule has 2 saturated heterocycles. The predicted molar refractivity (Wildman–Crippen MR) is 152 cm³/mol. The number of rotatable bonds is 7. The van der Waals surface area contributed by atoms with Gasteiger partial charge in [0.05, 0.1) is 11.2 Å². The highest BCUT2D eigenvalue weighted by molar-refractivity contribution is 5.98. The quantitative estimate of drug-likeness (QED) is 0.448. The SMILES string of the molecule is Cc1nc2cc(N3CCC(Oc4ccccc4)C3=O)nn2c(N2CCC(C)(C)CC2)c1[C@H](OC(C)(C)C)C(=O)O. The zero-order valence-electron chi connectivity index (χ0n) is 24.2. The van der Waals surface area contributed by atoms with Crippen LogP contribution in [0.4, 0.5) is 11.6 Å². The first-order valence-electron chi connectivity index (χ1n) is 13.9. The summed E-state index contributed by atoms with van der Waals surface area (Å²) in [4.78, 5) is 34.5. The Bertz CT molecular complexity index is 1400. The van der Waals surface area contributed by atoms with Crippen molar-refractivity contribution in [3.63, 3.8) is 0 Å². The normalized spacial score (nSPS) is 20.2. The standard InChI is InChI=1S/C30H39N5O5/c1-19-24(25(28(37)38)40-29(2,3)4)26(33-16-13-30(5,6)14-17-33)35-22(31-19)18-23(32-35)34-15-12-21(27(34)36)39-20-10-8-7-9-11-20/h7-11,18,21,25H,12-17H2,1-6H3,(H,37,38)/t21?,25-/m0/s1. The average Bonchev–Trinajstić information content (AvgIpc) is 3.45. The van der Waals surface area contributed by atoms with Gasteiger partial charge < -0.3 is 19.5 Å². The van der Waals surface area contributed by atoms with Gasteiger partial charge in [0, 0.05) is 37.8 Å². The van der Waals surface area contributed by atoms with Crippen LogP contribution in [0.3, 0.4) is 0 Å². The van der Waals surface area contributed by atoms with Crippen molar-refractivity contribution in [2.75, 3.05) is 29.4 Å². The lowest BCUT2D eigenvalue weighted by Crippen LogP contribution is -2.40. The maximum atomic E-state index is 13.4. The number of aromatic nitrogens is 3. The van der Waals surface area contributed by atoms with E-state index in [1.807, 2.05) is 58.0 Å². The number of carbonyl (C=O) groups is 2. The summed E-state index contributed by atoms with van der Waals surface area (Å²) in [6, 6.07) is 11.1. The van der Waals surface area contributed by atoms with E-state index >= 15 is 0 Å². The second-order valence-corrected chi connectivity index (χ2v) is 12.5. The lowest BCUT2D eigenvalue weighted by atomic mass is 9.82. The van der Waals surface area contributed by atoms with Gasteiger partial charge in [-0.2, -0.15) is 4.52 Å². The van der Waals surface area contributed by atoms with Crippen molar-refractivity contribution in [1.29, 1.82) is 0 Å². The second-order valence-electron chi connectivity index (χ2n) is 12.5. The van der Waals surface area contributed by atoms with E-state index in [-0.39, 0.29) is 11.3 Å². The van der Waals surface area contributed by atoms with Crippen LogP contribution in [0, 0.1) is 12.3 Å². The number of anilines is 2.